The minimum absolute atomic E-state index is 0.00400. The number of nitro benzene ring substituents is 1. The molecule has 8 heteroatoms. The number of hydrogen-bond acceptors (Lipinski definition) is 6. The third-order valence-corrected chi connectivity index (χ3v) is 3.22. The van der Waals surface area contributed by atoms with Gasteiger partial charge < -0.3 is 0 Å². The van der Waals surface area contributed by atoms with Gasteiger partial charge in [-0.15, -0.1) is 20.4 Å². The van der Waals surface area contributed by atoms with Gasteiger partial charge >= 0.3 is 0 Å². The molecule has 0 fully saturated rings. The molecule has 0 aliphatic heterocycles. The number of nitrogens with zero attached hydrogens (tertiary/aromatic N) is 5. The average Bonchev–Trinajstić information content (AvgIpc) is 2.55. The average molecular weight is 314 g/mol. The molecule has 0 aliphatic carbocycles. The zero-order chi connectivity index (χ0) is 15.5. The maximum absolute atomic E-state index is 10.6. The molecule has 0 bridgehead atoms. The molecular formula is C14H8ClN5O2. The summed E-state index contributed by atoms with van der Waals surface area (Å²) in [6.07, 6.45) is 0. The van der Waals surface area contributed by atoms with E-state index in [1.807, 2.05) is 24.3 Å². The molecule has 0 amide bonds. The van der Waals surface area contributed by atoms with Crippen molar-refractivity contribution in [3.05, 3.63) is 63.8 Å². The second-order valence-electron chi connectivity index (χ2n) is 4.33. The summed E-state index contributed by atoms with van der Waals surface area (Å²) in [5.74, 6) is 0.332. The standard InChI is InChI=1S/C14H8ClN5O2/c15-13-11-3-1-2-4-12(11)14(19-17-13)18-16-9-5-7-10(8-6-9)20(21)22/h1-8H. The summed E-state index contributed by atoms with van der Waals surface area (Å²) in [5.41, 5.74) is 0.474. The van der Waals surface area contributed by atoms with Crippen LogP contribution in [0.2, 0.25) is 5.15 Å². The quantitative estimate of drug-likeness (QED) is 0.401. The monoisotopic (exact) mass is 313 g/mol. The Labute approximate surface area is 129 Å². The lowest BCUT2D eigenvalue weighted by atomic mass is 10.2. The molecule has 0 radical (unpaired) electrons. The molecule has 0 saturated heterocycles. The van der Waals surface area contributed by atoms with Crippen molar-refractivity contribution in [3.8, 4) is 0 Å². The first-order valence-electron chi connectivity index (χ1n) is 6.22. The summed E-state index contributed by atoms with van der Waals surface area (Å²) in [5, 5.41) is 28.2. The van der Waals surface area contributed by atoms with Gasteiger partial charge in [-0.25, -0.2) is 0 Å². The van der Waals surface area contributed by atoms with E-state index in [9.17, 15) is 10.1 Å². The highest BCUT2D eigenvalue weighted by molar-refractivity contribution is 6.34. The fourth-order valence-corrected chi connectivity index (χ4v) is 2.08. The Balaban J connectivity index is 1.96. The van der Waals surface area contributed by atoms with Gasteiger partial charge in [-0.2, -0.15) is 0 Å². The molecule has 2 aromatic carbocycles. The van der Waals surface area contributed by atoms with Gasteiger partial charge in [0.2, 0.25) is 5.82 Å². The number of non-ortho nitro benzene ring substituents is 1. The topological polar surface area (TPSA) is 93.6 Å². The number of benzene rings is 2. The lowest BCUT2D eigenvalue weighted by molar-refractivity contribution is -0.384. The van der Waals surface area contributed by atoms with Crippen molar-refractivity contribution in [1.82, 2.24) is 10.2 Å². The van der Waals surface area contributed by atoms with Gasteiger partial charge in [-0.1, -0.05) is 35.9 Å². The summed E-state index contributed by atoms with van der Waals surface area (Å²) >= 11 is 5.98. The molecule has 0 unspecified atom stereocenters. The number of azo groups is 1. The van der Waals surface area contributed by atoms with E-state index in [0.717, 1.165) is 10.8 Å². The molecule has 0 N–H and O–H groups in total. The van der Waals surface area contributed by atoms with E-state index in [4.69, 9.17) is 11.6 Å². The highest BCUT2D eigenvalue weighted by Crippen LogP contribution is 2.28. The molecule has 0 saturated carbocycles. The van der Waals surface area contributed by atoms with Crippen molar-refractivity contribution in [2.75, 3.05) is 0 Å². The lowest BCUT2D eigenvalue weighted by Gasteiger charge is -2.00. The smallest absolute Gasteiger partial charge is 0.258 e. The number of aromatic nitrogens is 2. The van der Waals surface area contributed by atoms with Gasteiger partial charge in [0.25, 0.3) is 5.69 Å². The van der Waals surface area contributed by atoms with Crippen LogP contribution in [0, 0.1) is 10.1 Å². The van der Waals surface area contributed by atoms with Crippen molar-refractivity contribution < 1.29 is 4.92 Å². The highest BCUT2D eigenvalue weighted by atomic mass is 35.5. The number of hydrogen-bond donors (Lipinski definition) is 0. The molecule has 1 aromatic heterocycles. The van der Waals surface area contributed by atoms with Gasteiger partial charge in [-0.3, -0.25) is 10.1 Å². The number of rotatable bonds is 3. The summed E-state index contributed by atoms with van der Waals surface area (Å²) < 4.78 is 0. The van der Waals surface area contributed by atoms with Crippen LogP contribution in [0.1, 0.15) is 0 Å². The summed E-state index contributed by atoms with van der Waals surface area (Å²) in [4.78, 5) is 10.1. The molecule has 3 rings (SSSR count). The number of fused-ring (bicyclic) bond motifs is 1. The Morgan fingerprint density at radius 3 is 2.32 bits per heavy atom. The molecule has 22 heavy (non-hydrogen) atoms. The van der Waals surface area contributed by atoms with Gasteiger partial charge in [0, 0.05) is 22.9 Å². The van der Waals surface area contributed by atoms with Crippen LogP contribution in [0.25, 0.3) is 10.8 Å². The minimum atomic E-state index is -0.473. The summed E-state index contributed by atoms with van der Waals surface area (Å²) in [6, 6.07) is 13.1. The fraction of sp³-hybridized carbons (Fsp3) is 0. The van der Waals surface area contributed by atoms with Crippen LogP contribution < -0.4 is 0 Å². The highest BCUT2D eigenvalue weighted by Gasteiger charge is 2.07. The first kappa shape index (κ1) is 14.0. The SMILES string of the molecule is O=[N+]([O-])c1ccc(N=Nc2nnc(Cl)c3ccccc23)cc1. The predicted octanol–water partition coefficient (Wildman–Crippen LogP) is 4.61. The lowest BCUT2D eigenvalue weighted by Crippen LogP contribution is -1.86. The third kappa shape index (κ3) is 2.75. The molecule has 0 atom stereocenters. The van der Waals surface area contributed by atoms with E-state index < -0.39 is 4.92 Å². The third-order valence-electron chi connectivity index (χ3n) is 2.94. The molecule has 3 aromatic rings. The summed E-state index contributed by atoms with van der Waals surface area (Å²) in [7, 11) is 0. The first-order valence-corrected chi connectivity index (χ1v) is 6.60. The summed E-state index contributed by atoms with van der Waals surface area (Å²) in [6.45, 7) is 0. The van der Waals surface area contributed by atoms with Crippen molar-refractivity contribution in [1.29, 1.82) is 0 Å². The van der Waals surface area contributed by atoms with Crippen molar-refractivity contribution >= 4 is 39.6 Å². The van der Waals surface area contributed by atoms with Gasteiger partial charge in [0.05, 0.1) is 10.6 Å². The zero-order valence-corrected chi connectivity index (χ0v) is 11.8. The molecule has 108 valence electrons. The van der Waals surface area contributed by atoms with Crippen LogP contribution in [0.5, 0.6) is 0 Å². The Kier molecular flexibility index (Phi) is 3.71. The van der Waals surface area contributed by atoms with Gasteiger partial charge in [0.15, 0.2) is 5.15 Å². The fourth-order valence-electron chi connectivity index (χ4n) is 1.88. The van der Waals surface area contributed by atoms with Crippen molar-refractivity contribution in [3.63, 3.8) is 0 Å². The van der Waals surface area contributed by atoms with Crippen LogP contribution in [0.15, 0.2) is 58.8 Å². The van der Waals surface area contributed by atoms with Gasteiger partial charge in [-0.05, 0) is 12.1 Å². The zero-order valence-electron chi connectivity index (χ0n) is 11.0. The van der Waals surface area contributed by atoms with Crippen molar-refractivity contribution in [2.24, 2.45) is 10.2 Å². The van der Waals surface area contributed by atoms with Crippen LogP contribution in [0.4, 0.5) is 17.2 Å². The van der Waals surface area contributed by atoms with E-state index in [1.54, 1.807) is 0 Å². The maximum atomic E-state index is 10.6. The normalized spacial score (nSPS) is 11.1. The second kappa shape index (κ2) is 5.82. The largest absolute Gasteiger partial charge is 0.269 e. The molecule has 0 spiro atoms. The number of nitro groups is 1. The van der Waals surface area contributed by atoms with Crippen molar-refractivity contribution in [2.45, 2.75) is 0 Å². The second-order valence-corrected chi connectivity index (χ2v) is 4.69. The Morgan fingerprint density at radius 2 is 1.64 bits per heavy atom. The predicted molar refractivity (Wildman–Crippen MR) is 81.8 cm³/mol. The van der Waals surface area contributed by atoms with E-state index in [1.165, 1.54) is 24.3 Å². The Bertz CT molecular complexity index is 880. The molecule has 7 nitrogen and oxygen atoms in total. The Hall–Kier alpha value is -2.93. The van der Waals surface area contributed by atoms with Crippen LogP contribution in [-0.4, -0.2) is 15.1 Å². The molecular weight excluding hydrogens is 306 g/mol. The maximum Gasteiger partial charge on any atom is 0.269 e. The van der Waals surface area contributed by atoms with E-state index in [2.05, 4.69) is 20.4 Å². The van der Waals surface area contributed by atoms with Gasteiger partial charge in [0.1, 0.15) is 0 Å². The van der Waals surface area contributed by atoms with E-state index in [0.29, 0.717) is 16.7 Å². The van der Waals surface area contributed by atoms with Crippen LogP contribution in [-0.2, 0) is 0 Å². The Morgan fingerprint density at radius 1 is 0.955 bits per heavy atom. The van der Waals surface area contributed by atoms with E-state index >= 15 is 0 Å². The van der Waals surface area contributed by atoms with E-state index in [-0.39, 0.29) is 5.69 Å². The first-order chi connectivity index (χ1) is 10.6. The number of halogens is 1. The van der Waals surface area contributed by atoms with Crippen LogP contribution in [0.3, 0.4) is 0 Å². The minimum Gasteiger partial charge on any atom is -0.258 e. The molecule has 1 heterocycles. The molecule has 0 aliphatic rings. The van der Waals surface area contributed by atoms with Crippen LogP contribution >= 0.6 is 11.6 Å².